The van der Waals surface area contributed by atoms with Crippen molar-refractivity contribution in [3.05, 3.63) is 156 Å². The van der Waals surface area contributed by atoms with Gasteiger partial charge in [0.25, 0.3) is 0 Å². The Bertz CT molecular complexity index is 3160. The van der Waals surface area contributed by atoms with Crippen LogP contribution in [-0.2, 0) is 5.41 Å². The Hall–Kier alpha value is -6.26. The number of aryl methyl sites for hydroxylation is 2. The minimum Gasteiger partial charge on any atom is -0.254 e. The van der Waals surface area contributed by atoms with Crippen LogP contribution in [0.1, 0.15) is 126 Å². The van der Waals surface area contributed by atoms with Crippen molar-refractivity contribution in [2.45, 2.75) is 123 Å². The van der Waals surface area contributed by atoms with Crippen molar-refractivity contribution in [1.29, 1.82) is 0 Å². The summed E-state index contributed by atoms with van der Waals surface area (Å²) in [5.74, 6) is 0.616. The Morgan fingerprint density at radius 1 is 0.431 bits per heavy atom. The van der Waals surface area contributed by atoms with Crippen molar-refractivity contribution in [3.8, 4) is 45.2 Å². The van der Waals surface area contributed by atoms with E-state index in [1.165, 1.54) is 145 Å². The molecule has 0 bridgehead atoms. The van der Waals surface area contributed by atoms with Crippen molar-refractivity contribution in [2.24, 2.45) is 0 Å². The van der Waals surface area contributed by atoms with Crippen LogP contribution in [0.3, 0.4) is 0 Å². The number of unbranched alkanes of at least 4 members (excludes halogenated alkanes) is 10. The third-order valence-corrected chi connectivity index (χ3v) is 14.5. The smallest absolute Gasteiger partial charge is 0.179 e. The lowest BCUT2D eigenvalue weighted by molar-refractivity contribution is 0.398. The molecule has 4 heteroatoms. The van der Waals surface area contributed by atoms with Gasteiger partial charge in [-0.05, 0) is 112 Å². The number of hydrogen-bond donors (Lipinski definition) is 0. The molecule has 0 radical (unpaired) electrons. The first-order valence-corrected chi connectivity index (χ1v) is 24.7. The van der Waals surface area contributed by atoms with Gasteiger partial charge < -0.3 is 0 Å². The van der Waals surface area contributed by atoms with Crippen molar-refractivity contribution >= 4 is 43.4 Å². The number of benzene rings is 6. The minimum absolute atomic E-state index is 0.0380. The molecule has 3 heterocycles. The summed E-state index contributed by atoms with van der Waals surface area (Å²) in [5.41, 5.74) is 14.9. The third-order valence-electron chi connectivity index (χ3n) is 14.5. The fraction of sp³-hybridized carbons (Fsp3) is 0.311. The molecule has 65 heavy (non-hydrogen) atoms. The van der Waals surface area contributed by atoms with Gasteiger partial charge in [-0.15, -0.1) is 0 Å². The van der Waals surface area contributed by atoms with Crippen molar-refractivity contribution in [2.75, 3.05) is 0 Å². The van der Waals surface area contributed by atoms with E-state index in [-0.39, 0.29) is 5.41 Å². The summed E-state index contributed by atoms with van der Waals surface area (Å²) >= 11 is 0. The molecule has 326 valence electrons. The summed E-state index contributed by atoms with van der Waals surface area (Å²) in [6.07, 6.45) is 19.8. The Morgan fingerprint density at radius 2 is 1.05 bits per heavy atom. The highest BCUT2D eigenvalue weighted by Crippen LogP contribution is 2.55. The molecule has 0 fully saturated rings. The Labute approximate surface area is 385 Å². The number of rotatable bonds is 17. The Kier molecular flexibility index (Phi) is 12.3. The summed E-state index contributed by atoms with van der Waals surface area (Å²) in [7, 11) is 0. The number of fused-ring (bicyclic) bond motifs is 8. The molecule has 6 aromatic carbocycles. The molecule has 0 saturated carbocycles. The molecular weight excluding hydrogens is 789 g/mol. The first-order valence-electron chi connectivity index (χ1n) is 24.7. The van der Waals surface area contributed by atoms with Crippen LogP contribution in [-0.4, -0.2) is 19.9 Å². The lowest BCUT2D eigenvalue weighted by atomic mass is 9.70. The van der Waals surface area contributed by atoms with E-state index >= 15 is 0 Å². The third kappa shape index (κ3) is 8.33. The standard InChI is InChI=1S/C61H62N4/c1-5-7-9-11-13-15-33-61(34-16-14-12-10-8-6-2)53-36-41(3)25-30-48(53)49-31-28-47(39-54(49)61)56-40-57(50-24-18-22-46-37-51-42(4)20-17-21-45(51)38-52(46)50)65-60(64-56)55-32-29-44-27-26-43-23-19-35-62-58(43)59(44)63-55/h17-32,35-40H,5-16,33-34H2,1-4H3. The van der Waals surface area contributed by atoms with Gasteiger partial charge >= 0.3 is 0 Å². The number of pyridine rings is 2. The summed E-state index contributed by atoms with van der Waals surface area (Å²) in [5, 5.41) is 7.01. The van der Waals surface area contributed by atoms with Gasteiger partial charge in [0.2, 0.25) is 0 Å². The van der Waals surface area contributed by atoms with Gasteiger partial charge in [-0.3, -0.25) is 4.98 Å². The lowest BCUT2D eigenvalue weighted by Gasteiger charge is -2.33. The molecule has 0 N–H and O–H groups in total. The van der Waals surface area contributed by atoms with Crippen molar-refractivity contribution in [3.63, 3.8) is 0 Å². The van der Waals surface area contributed by atoms with E-state index < -0.39 is 0 Å². The molecule has 3 aromatic heterocycles. The summed E-state index contributed by atoms with van der Waals surface area (Å²) in [6, 6.07) is 47.2. The first-order chi connectivity index (χ1) is 31.9. The van der Waals surface area contributed by atoms with Crippen LogP contribution in [0.5, 0.6) is 0 Å². The Balaban J connectivity index is 1.14. The fourth-order valence-electron chi connectivity index (χ4n) is 11.0. The largest absolute Gasteiger partial charge is 0.254 e. The quantitative estimate of drug-likeness (QED) is 0.0520. The zero-order valence-electron chi connectivity index (χ0n) is 38.9. The van der Waals surface area contributed by atoms with E-state index in [4.69, 9.17) is 19.9 Å². The molecule has 0 atom stereocenters. The average Bonchev–Trinajstić information content (AvgIpc) is 3.60. The molecule has 10 rings (SSSR count). The normalized spacial score (nSPS) is 13.0. The molecule has 1 aliphatic carbocycles. The van der Waals surface area contributed by atoms with E-state index in [0.717, 1.165) is 50.0 Å². The minimum atomic E-state index is -0.0380. The van der Waals surface area contributed by atoms with Crippen LogP contribution in [0, 0.1) is 13.8 Å². The van der Waals surface area contributed by atoms with Crippen molar-refractivity contribution in [1.82, 2.24) is 19.9 Å². The molecule has 4 nitrogen and oxygen atoms in total. The SMILES string of the molecule is CCCCCCCCC1(CCCCCCCC)c2cc(C)ccc2-c2ccc(-c3cc(-c4cccc5cc6c(C)cccc6cc45)nc(-c4ccc5ccc6cccnc6c5n4)n3)cc21. The van der Waals surface area contributed by atoms with Gasteiger partial charge in [-0.25, -0.2) is 15.0 Å². The summed E-state index contributed by atoms with van der Waals surface area (Å²) < 4.78 is 0. The van der Waals surface area contributed by atoms with E-state index in [0.29, 0.717) is 5.82 Å². The fourth-order valence-corrected chi connectivity index (χ4v) is 11.0. The van der Waals surface area contributed by atoms with Crippen molar-refractivity contribution < 1.29 is 0 Å². The first kappa shape index (κ1) is 42.7. The zero-order chi connectivity index (χ0) is 44.3. The van der Waals surface area contributed by atoms with Crippen LogP contribution < -0.4 is 0 Å². The zero-order valence-corrected chi connectivity index (χ0v) is 38.9. The van der Waals surface area contributed by atoms with Gasteiger partial charge in [0.15, 0.2) is 5.82 Å². The van der Waals surface area contributed by atoms with Gasteiger partial charge in [-0.1, -0.05) is 187 Å². The molecule has 0 amide bonds. The predicted octanol–water partition coefficient (Wildman–Crippen LogP) is 17.3. The molecule has 0 unspecified atom stereocenters. The topological polar surface area (TPSA) is 51.6 Å². The number of nitrogens with zero attached hydrogens (tertiary/aromatic N) is 4. The molecule has 1 aliphatic rings. The van der Waals surface area contributed by atoms with Gasteiger partial charge in [-0.2, -0.15) is 0 Å². The molecule has 0 spiro atoms. The van der Waals surface area contributed by atoms with Gasteiger partial charge in [0.05, 0.1) is 22.4 Å². The number of hydrogen-bond acceptors (Lipinski definition) is 4. The lowest BCUT2D eigenvalue weighted by Crippen LogP contribution is -2.25. The second kappa shape index (κ2) is 18.7. The molecule has 0 saturated heterocycles. The Morgan fingerprint density at radius 3 is 1.82 bits per heavy atom. The van der Waals surface area contributed by atoms with E-state index in [1.807, 2.05) is 12.3 Å². The second-order valence-corrected chi connectivity index (χ2v) is 19.0. The van der Waals surface area contributed by atoms with Crippen LogP contribution in [0.25, 0.3) is 88.5 Å². The van der Waals surface area contributed by atoms with E-state index in [1.54, 1.807) is 0 Å². The van der Waals surface area contributed by atoms with Crippen LogP contribution in [0.4, 0.5) is 0 Å². The van der Waals surface area contributed by atoms with Crippen LogP contribution in [0.2, 0.25) is 0 Å². The van der Waals surface area contributed by atoms with E-state index in [9.17, 15) is 0 Å². The predicted molar refractivity (Wildman–Crippen MR) is 276 cm³/mol. The van der Waals surface area contributed by atoms with Gasteiger partial charge in [0.1, 0.15) is 5.69 Å². The number of aromatic nitrogens is 4. The van der Waals surface area contributed by atoms with Crippen LogP contribution >= 0.6 is 0 Å². The summed E-state index contributed by atoms with van der Waals surface area (Å²) in [6.45, 7) is 9.10. The molecule has 9 aromatic rings. The average molecular weight is 851 g/mol. The molecular formula is C61H62N4. The van der Waals surface area contributed by atoms with E-state index in [2.05, 4.69) is 149 Å². The highest BCUT2D eigenvalue weighted by Gasteiger charge is 2.42. The van der Waals surface area contributed by atoms with Gasteiger partial charge in [0, 0.05) is 33.5 Å². The monoisotopic (exact) mass is 850 g/mol. The maximum Gasteiger partial charge on any atom is 0.179 e. The maximum atomic E-state index is 5.48. The highest BCUT2D eigenvalue weighted by atomic mass is 14.9. The maximum absolute atomic E-state index is 5.48. The van der Waals surface area contributed by atoms with Crippen LogP contribution in [0.15, 0.2) is 134 Å². The second-order valence-electron chi connectivity index (χ2n) is 19.0. The highest BCUT2D eigenvalue weighted by molar-refractivity contribution is 6.06. The summed E-state index contributed by atoms with van der Waals surface area (Å²) in [4.78, 5) is 21.0. The molecule has 0 aliphatic heterocycles.